The number of benzene rings is 1. The minimum absolute atomic E-state index is 0.0334. The second kappa shape index (κ2) is 9.63. The Morgan fingerprint density at radius 1 is 1.43 bits per heavy atom. The van der Waals surface area contributed by atoms with Gasteiger partial charge >= 0.3 is 6.03 Å². The van der Waals surface area contributed by atoms with Gasteiger partial charge in [-0.1, -0.05) is 13.0 Å². The predicted octanol–water partition coefficient (Wildman–Crippen LogP) is 2.65. The number of thioether (sulfide) groups is 1. The van der Waals surface area contributed by atoms with Crippen LogP contribution in [0.3, 0.4) is 0 Å². The first-order valence-corrected chi connectivity index (χ1v) is 8.41. The number of halogens is 1. The number of nitrogens with one attached hydrogen (secondary N) is 2. The van der Waals surface area contributed by atoms with Crippen LogP contribution in [0.2, 0.25) is 0 Å². The highest BCUT2D eigenvalue weighted by Gasteiger charge is 2.10. The van der Waals surface area contributed by atoms with E-state index in [1.54, 1.807) is 17.8 Å². The Labute approximate surface area is 129 Å². The Bertz CT molecular complexity index is 457. The molecular formula is C15H23FN2O2S. The highest BCUT2D eigenvalue weighted by molar-refractivity contribution is 7.97. The van der Waals surface area contributed by atoms with E-state index in [2.05, 4.69) is 10.6 Å². The van der Waals surface area contributed by atoms with Gasteiger partial charge in [-0.25, -0.2) is 9.18 Å². The number of hydrogen-bond acceptors (Lipinski definition) is 3. The van der Waals surface area contributed by atoms with Gasteiger partial charge in [-0.3, -0.25) is 0 Å². The first-order chi connectivity index (χ1) is 10.1. The monoisotopic (exact) mass is 314 g/mol. The van der Waals surface area contributed by atoms with Crippen molar-refractivity contribution in [3.05, 3.63) is 35.1 Å². The molecule has 1 aromatic carbocycles. The molecule has 0 heterocycles. The largest absolute Gasteiger partial charge is 0.396 e. The minimum atomic E-state index is -0.269. The maximum Gasteiger partial charge on any atom is 0.315 e. The maximum atomic E-state index is 13.2. The number of hydrogen-bond donors (Lipinski definition) is 3. The van der Waals surface area contributed by atoms with Gasteiger partial charge in [0.25, 0.3) is 0 Å². The first-order valence-electron chi connectivity index (χ1n) is 7.02. The third kappa shape index (κ3) is 6.35. The van der Waals surface area contributed by atoms with Crippen LogP contribution in [0.1, 0.15) is 30.9 Å². The summed E-state index contributed by atoms with van der Waals surface area (Å²) in [5.41, 5.74) is 1.81. The molecule has 118 valence electrons. The molecule has 1 rings (SSSR count). The van der Waals surface area contributed by atoms with Crippen molar-refractivity contribution in [3.63, 3.8) is 0 Å². The topological polar surface area (TPSA) is 61.4 Å². The van der Waals surface area contributed by atoms with Gasteiger partial charge in [0.1, 0.15) is 5.82 Å². The van der Waals surface area contributed by atoms with Crippen LogP contribution in [0.15, 0.2) is 18.2 Å². The summed E-state index contributed by atoms with van der Waals surface area (Å²) < 4.78 is 13.2. The Balaban J connectivity index is 2.56. The molecule has 6 heteroatoms. The molecule has 0 aliphatic rings. The highest BCUT2D eigenvalue weighted by Crippen LogP contribution is 2.16. The number of carbonyl (C=O) groups excluding carboxylic acids is 1. The van der Waals surface area contributed by atoms with Crippen molar-refractivity contribution in [3.8, 4) is 0 Å². The van der Waals surface area contributed by atoms with E-state index in [1.807, 2.05) is 13.2 Å². The Morgan fingerprint density at radius 3 is 2.81 bits per heavy atom. The van der Waals surface area contributed by atoms with E-state index in [0.717, 1.165) is 17.5 Å². The van der Waals surface area contributed by atoms with Gasteiger partial charge < -0.3 is 15.7 Å². The second-order valence-corrected chi connectivity index (χ2v) is 5.66. The van der Waals surface area contributed by atoms with Crippen LogP contribution in [0.4, 0.5) is 9.18 Å². The molecule has 0 aliphatic carbocycles. The SMILES string of the molecule is CCC(CCO)NC(=O)NCc1ccc(F)cc1CSC. The fourth-order valence-corrected chi connectivity index (χ4v) is 2.58. The van der Waals surface area contributed by atoms with E-state index in [-0.39, 0.29) is 24.5 Å². The third-order valence-electron chi connectivity index (χ3n) is 3.21. The molecule has 0 saturated carbocycles. The molecule has 0 radical (unpaired) electrons. The van der Waals surface area contributed by atoms with Gasteiger partial charge in [-0.2, -0.15) is 11.8 Å². The van der Waals surface area contributed by atoms with Gasteiger partial charge in [-0.15, -0.1) is 0 Å². The molecule has 1 unspecified atom stereocenters. The molecule has 1 atom stereocenters. The normalized spacial score (nSPS) is 12.0. The molecule has 0 fully saturated rings. The lowest BCUT2D eigenvalue weighted by atomic mass is 10.1. The highest BCUT2D eigenvalue weighted by atomic mass is 32.2. The summed E-state index contributed by atoms with van der Waals surface area (Å²) >= 11 is 1.61. The zero-order valence-corrected chi connectivity index (χ0v) is 13.3. The van der Waals surface area contributed by atoms with Gasteiger partial charge in [0.2, 0.25) is 0 Å². The number of amides is 2. The Morgan fingerprint density at radius 2 is 2.19 bits per heavy atom. The summed E-state index contributed by atoms with van der Waals surface area (Å²) in [7, 11) is 0. The van der Waals surface area contributed by atoms with Crippen molar-refractivity contribution in [2.24, 2.45) is 0 Å². The maximum absolute atomic E-state index is 13.2. The lowest BCUT2D eigenvalue weighted by Crippen LogP contribution is -2.42. The molecule has 0 spiro atoms. The van der Waals surface area contributed by atoms with Gasteiger partial charge in [0.15, 0.2) is 0 Å². The molecule has 0 bridgehead atoms. The van der Waals surface area contributed by atoms with Gasteiger partial charge in [-0.05, 0) is 42.4 Å². The van der Waals surface area contributed by atoms with Crippen LogP contribution in [-0.4, -0.2) is 30.0 Å². The van der Waals surface area contributed by atoms with E-state index < -0.39 is 0 Å². The molecule has 3 N–H and O–H groups in total. The lowest BCUT2D eigenvalue weighted by molar-refractivity contribution is 0.227. The van der Waals surface area contributed by atoms with Crippen molar-refractivity contribution in [2.75, 3.05) is 12.9 Å². The molecule has 0 aromatic heterocycles. The molecule has 1 aromatic rings. The number of aliphatic hydroxyl groups is 1. The second-order valence-electron chi connectivity index (χ2n) is 4.79. The molecule has 0 aliphatic heterocycles. The van der Waals surface area contributed by atoms with E-state index >= 15 is 0 Å². The van der Waals surface area contributed by atoms with Crippen LogP contribution in [0.25, 0.3) is 0 Å². The van der Waals surface area contributed by atoms with E-state index in [0.29, 0.717) is 18.7 Å². The summed E-state index contributed by atoms with van der Waals surface area (Å²) in [6.07, 6.45) is 3.26. The van der Waals surface area contributed by atoms with E-state index in [9.17, 15) is 9.18 Å². The van der Waals surface area contributed by atoms with Crippen LogP contribution in [0, 0.1) is 5.82 Å². The average molecular weight is 314 g/mol. The molecule has 0 saturated heterocycles. The van der Waals surface area contributed by atoms with E-state index in [4.69, 9.17) is 5.11 Å². The van der Waals surface area contributed by atoms with Gasteiger partial charge in [0, 0.05) is 24.9 Å². The summed E-state index contributed by atoms with van der Waals surface area (Å²) in [6, 6.07) is 4.31. The van der Waals surface area contributed by atoms with Crippen LogP contribution >= 0.6 is 11.8 Å². The standard InChI is InChI=1S/C15H23FN2O2S/c1-3-14(6-7-19)18-15(20)17-9-11-4-5-13(16)8-12(11)10-21-2/h4-5,8,14,19H,3,6-7,9-10H2,1-2H3,(H2,17,18,20). The van der Waals surface area contributed by atoms with Crippen molar-refractivity contribution in [1.29, 1.82) is 0 Å². The summed E-state index contributed by atoms with van der Waals surface area (Å²) in [5.74, 6) is 0.444. The number of aliphatic hydroxyl groups excluding tert-OH is 1. The molecule has 2 amide bonds. The summed E-state index contributed by atoms with van der Waals surface area (Å²) in [6.45, 7) is 2.36. The molecule has 21 heavy (non-hydrogen) atoms. The fraction of sp³-hybridized carbons (Fsp3) is 0.533. The minimum Gasteiger partial charge on any atom is -0.396 e. The molecule has 4 nitrogen and oxygen atoms in total. The van der Waals surface area contributed by atoms with Gasteiger partial charge in [0.05, 0.1) is 0 Å². The average Bonchev–Trinajstić information content (AvgIpc) is 2.46. The quantitative estimate of drug-likeness (QED) is 0.691. The zero-order valence-electron chi connectivity index (χ0n) is 12.5. The summed E-state index contributed by atoms with van der Waals surface area (Å²) in [5, 5.41) is 14.5. The number of rotatable bonds is 8. The Kier molecular flexibility index (Phi) is 8.15. The number of carbonyl (C=O) groups is 1. The lowest BCUT2D eigenvalue weighted by Gasteiger charge is -2.17. The predicted molar refractivity (Wildman–Crippen MR) is 84.8 cm³/mol. The van der Waals surface area contributed by atoms with Crippen molar-refractivity contribution >= 4 is 17.8 Å². The summed E-state index contributed by atoms with van der Waals surface area (Å²) in [4.78, 5) is 11.8. The van der Waals surface area contributed by atoms with Crippen LogP contribution in [-0.2, 0) is 12.3 Å². The smallest absolute Gasteiger partial charge is 0.315 e. The molecular weight excluding hydrogens is 291 g/mol. The van der Waals surface area contributed by atoms with Crippen molar-refractivity contribution < 1.29 is 14.3 Å². The van der Waals surface area contributed by atoms with E-state index in [1.165, 1.54) is 12.1 Å². The van der Waals surface area contributed by atoms with Crippen molar-refractivity contribution in [1.82, 2.24) is 10.6 Å². The Hall–Kier alpha value is -1.27. The zero-order chi connectivity index (χ0) is 15.7. The number of urea groups is 1. The van der Waals surface area contributed by atoms with Crippen molar-refractivity contribution in [2.45, 2.75) is 38.1 Å². The van der Waals surface area contributed by atoms with Crippen LogP contribution < -0.4 is 10.6 Å². The first kappa shape index (κ1) is 17.8. The fourth-order valence-electron chi connectivity index (χ4n) is 2.00. The van der Waals surface area contributed by atoms with Crippen LogP contribution in [0.5, 0.6) is 0 Å². The third-order valence-corrected chi connectivity index (χ3v) is 3.81.